The summed E-state index contributed by atoms with van der Waals surface area (Å²) in [5.74, 6) is 0.825. The van der Waals surface area contributed by atoms with E-state index < -0.39 is 0 Å². The molecular weight excluding hydrogens is 298 g/mol. The third-order valence-electron chi connectivity index (χ3n) is 4.61. The number of nitrogens with two attached hydrogens (primary N) is 1. The minimum absolute atomic E-state index is 0.0796. The van der Waals surface area contributed by atoms with E-state index in [1.807, 2.05) is 6.92 Å². The van der Waals surface area contributed by atoms with Crippen molar-refractivity contribution in [3.63, 3.8) is 0 Å². The van der Waals surface area contributed by atoms with Gasteiger partial charge in [-0.1, -0.05) is 0 Å². The van der Waals surface area contributed by atoms with Crippen molar-refractivity contribution < 1.29 is 24.0 Å². The number of rotatable bonds is 4. The van der Waals surface area contributed by atoms with Gasteiger partial charge < -0.3 is 25.4 Å². The van der Waals surface area contributed by atoms with Crippen LogP contribution < -0.4 is 25.4 Å². The van der Waals surface area contributed by atoms with Crippen molar-refractivity contribution in [2.75, 3.05) is 25.2 Å². The lowest BCUT2D eigenvalue weighted by Crippen LogP contribution is -3.18. The molecule has 1 aromatic carbocycles. The molecule has 1 unspecified atom stereocenters. The summed E-state index contributed by atoms with van der Waals surface area (Å²) in [6.07, 6.45) is 1.72. The summed E-state index contributed by atoms with van der Waals surface area (Å²) < 4.78 is 10.6. The molecule has 124 valence electrons. The van der Waals surface area contributed by atoms with Crippen molar-refractivity contribution >= 4 is 17.5 Å². The summed E-state index contributed by atoms with van der Waals surface area (Å²) in [4.78, 5) is 24.9. The lowest BCUT2D eigenvalue weighted by atomic mass is 9.96. The van der Waals surface area contributed by atoms with Crippen LogP contribution in [0.4, 0.5) is 5.69 Å². The van der Waals surface area contributed by atoms with Crippen molar-refractivity contribution in [3.8, 4) is 11.5 Å². The maximum absolute atomic E-state index is 12.5. The van der Waals surface area contributed by atoms with E-state index in [2.05, 4.69) is 5.32 Å². The first-order valence-electron chi connectivity index (χ1n) is 7.89. The molecule has 0 bridgehead atoms. The van der Waals surface area contributed by atoms with Crippen molar-refractivity contribution in [1.82, 2.24) is 0 Å². The third kappa shape index (κ3) is 3.39. The van der Waals surface area contributed by atoms with E-state index in [1.165, 1.54) is 0 Å². The number of hydrogen-bond donors (Lipinski definition) is 3. The summed E-state index contributed by atoms with van der Waals surface area (Å²) in [5.41, 5.74) is 6.08. The Hall–Kier alpha value is -2.28. The zero-order chi connectivity index (χ0) is 16.4. The van der Waals surface area contributed by atoms with Crippen LogP contribution >= 0.6 is 0 Å². The number of piperidine rings is 1. The van der Waals surface area contributed by atoms with Crippen molar-refractivity contribution in [1.29, 1.82) is 0 Å². The van der Waals surface area contributed by atoms with E-state index in [0.29, 0.717) is 23.7 Å². The number of likely N-dealkylation sites (tertiary alicyclic amines) is 1. The fourth-order valence-electron chi connectivity index (χ4n) is 3.14. The molecule has 23 heavy (non-hydrogen) atoms. The lowest BCUT2D eigenvalue weighted by Gasteiger charge is -2.31. The second kappa shape index (κ2) is 6.45. The lowest BCUT2D eigenvalue weighted by molar-refractivity contribution is -0.921. The molecular formula is C16H22N3O4+. The second-order valence-electron chi connectivity index (χ2n) is 6.13. The number of fused-ring (bicyclic) bond motifs is 1. The van der Waals surface area contributed by atoms with Crippen molar-refractivity contribution in [3.05, 3.63) is 18.2 Å². The van der Waals surface area contributed by atoms with Crippen molar-refractivity contribution in [2.24, 2.45) is 11.7 Å². The first-order chi connectivity index (χ1) is 11.0. The first-order valence-corrected chi connectivity index (χ1v) is 7.89. The van der Waals surface area contributed by atoms with Crippen LogP contribution in [0.25, 0.3) is 0 Å². The minimum atomic E-state index is -0.273. The summed E-state index contributed by atoms with van der Waals surface area (Å²) in [6.45, 7) is 3.57. The standard InChI is InChI=1S/C16H21N3O4/c1-10(19-6-2-3-11(8-19)15(17)20)16(21)18-12-4-5-13-14(7-12)23-9-22-13/h4-5,7,10-11H,2-3,6,8-9H2,1H3,(H2,17,20)(H,18,21)/p+1/t10-,11-/m0/s1. The van der Waals surface area contributed by atoms with Crippen molar-refractivity contribution in [2.45, 2.75) is 25.8 Å². The van der Waals surface area contributed by atoms with Gasteiger partial charge in [0.05, 0.1) is 19.0 Å². The van der Waals surface area contributed by atoms with Gasteiger partial charge >= 0.3 is 0 Å². The van der Waals surface area contributed by atoms with Crippen LogP contribution in [-0.4, -0.2) is 37.7 Å². The molecule has 1 saturated heterocycles. The molecule has 2 aliphatic heterocycles. The van der Waals surface area contributed by atoms with Crippen LogP contribution in [0.1, 0.15) is 19.8 Å². The molecule has 1 aromatic rings. The highest BCUT2D eigenvalue weighted by molar-refractivity contribution is 5.94. The molecule has 0 radical (unpaired) electrons. The summed E-state index contributed by atoms with van der Waals surface area (Å²) in [7, 11) is 0. The molecule has 0 aromatic heterocycles. The van der Waals surface area contributed by atoms with Gasteiger partial charge in [0.1, 0.15) is 0 Å². The van der Waals surface area contributed by atoms with Gasteiger partial charge in [0.15, 0.2) is 17.5 Å². The average molecular weight is 320 g/mol. The van der Waals surface area contributed by atoms with Crippen LogP contribution in [0.2, 0.25) is 0 Å². The molecule has 4 N–H and O–H groups in total. The predicted octanol–water partition coefficient (Wildman–Crippen LogP) is -0.477. The first kappa shape index (κ1) is 15.6. The van der Waals surface area contributed by atoms with Gasteiger partial charge in [-0.15, -0.1) is 0 Å². The maximum atomic E-state index is 12.5. The Labute approximate surface area is 134 Å². The van der Waals surface area contributed by atoms with Gasteiger partial charge in [-0.05, 0) is 31.9 Å². The van der Waals surface area contributed by atoms with Crippen LogP contribution in [0.3, 0.4) is 0 Å². The van der Waals surface area contributed by atoms with E-state index in [0.717, 1.165) is 24.3 Å². The molecule has 2 amide bonds. The van der Waals surface area contributed by atoms with Gasteiger partial charge in [0.2, 0.25) is 12.7 Å². The molecule has 0 spiro atoms. The summed E-state index contributed by atoms with van der Waals surface area (Å²) in [6, 6.07) is 5.07. The zero-order valence-corrected chi connectivity index (χ0v) is 13.1. The highest BCUT2D eigenvalue weighted by Crippen LogP contribution is 2.34. The maximum Gasteiger partial charge on any atom is 0.282 e. The highest BCUT2D eigenvalue weighted by Gasteiger charge is 2.33. The monoisotopic (exact) mass is 320 g/mol. The van der Waals surface area contributed by atoms with Crippen LogP contribution in [0.15, 0.2) is 18.2 Å². The molecule has 0 saturated carbocycles. The topological polar surface area (TPSA) is 95.1 Å². The van der Waals surface area contributed by atoms with Gasteiger partial charge in [-0.2, -0.15) is 0 Å². The normalized spacial score (nSPS) is 24.0. The Morgan fingerprint density at radius 1 is 1.35 bits per heavy atom. The zero-order valence-electron chi connectivity index (χ0n) is 13.1. The molecule has 1 fully saturated rings. The Balaban J connectivity index is 1.62. The SMILES string of the molecule is C[C@@H](C(=O)Nc1ccc2c(c1)OCO2)[NH+]1CCC[C@H](C(N)=O)C1. The average Bonchev–Trinajstić information content (AvgIpc) is 3.01. The Morgan fingerprint density at radius 2 is 2.13 bits per heavy atom. The number of amides is 2. The predicted molar refractivity (Wildman–Crippen MR) is 83.3 cm³/mol. The van der Waals surface area contributed by atoms with E-state index in [-0.39, 0.29) is 30.6 Å². The van der Waals surface area contributed by atoms with E-state index >= 15 is 0 Å². The van der Waals surface area contributed by atoms with E-state index in [4.69, 9.17) is 15.2 Å². The Morgan fingerprint density at radius 3 is 2.91 bits per heavy atom. The number of ether oxygens (including phenoxy) is 2. The summed E-state index contributed by atoms with van der Waals surface area (Å²) in [5, 5.41) is 2.90. The number of quaternary nitrogens is 1. The van der Waals surface area contributed by atoms with Crippen LogP contribution in [-0.2, 0) is 9.59 Å². The second-order valence-corrected chi connectivity index (χ2v) is 6.13. The Kier molecular flexibility index (Phi) is 4.38. The number of benzene rings is 1. The number of carbonyl (C=O) groups excluding carboxylic acids is 2. The molecule has 2 heterocycles. The molecule has 7 heteroatoms. The molecule has 3 rings (SSSR count). The summed E-state index contributed by atoms with van der Waals surface area (Å²) >= 11 is 0. The third-order valence-corrected chi connectivity index (χ3v) is 4.61. The number of hydrogen-bond acceptors (Lipinski definition) is 4. The minimum Gasteiger partial charge on any atom is -0.454 e. The van der Waals surface area contributed by atoms with Crippen LogP contribution in [0.5, 0.6) is 11.5 Å². The smallest absolute Gasteiger partial charge is 0.282 e. The fourth-order valence-corrected chi connectivity index (χ4v) is 3.14. The molecule has 7 nitrogen and oxygen atoms in total. The number of primary amides is 1. The molecule has 3 atom stereocenters. The van der Waals surface area contributed by atoms with Gasteiger partial charge in [0.25, 0.3) is 5.91 Å². The molecule has 2 aliphatic rings. The van der Waals surface area contributed by atoms with Gasteiger partial charge in [-0.25, -0.2) is 0 Å². The van der Waals surface area contributed by atoms with E-state index in [9.17, 15) is 9.59 Å². The number of anilines is 1. The largest absolute Gasteiger partial charge is 0.454 e. The van der Waals surface area contributed by atoms with Gasteiger partial charge in [-0.3, -0.25) is 9.59 Å². The van der Waals surface area contributed by atoms with Gasteiger partial charge in [0, 0.05) is 11.8 Å². The molecule has 0 aliphatic carbocycles. The van der Waals surface area contributed by atoms with Crippen LogP contribution in [0, 0.1) is 5.92 Å². The fraction of sp³-hybridized carbons (Fsp3) is 0.500. The van der Waals surface area contributed by atoms with E-state index in [1.54, 1.807) is 18.2 Å². The Bertz CT molecular complexity index is 619. The number of nitrogens with one attached hydrogen (secondary N) is 2. The quantitative estimate of drug-likeness (QED) is 0.698. The highest BCUT2D eigenvalue weighted by atomic mass is 16.7. The number of carbonyl (C=O) groups is 2.